The van der Waals surface area contributed by atoms with Gasteiger partial charge in [0.25, 0.3) is 0 Å². The number of rotatable bonds is 4. The van der Waals surface area contributed by atoms with Crippen LogP contribution in [0.25, 0.3) is 0 Å². The Morgan fingerprint density at radius 3 is 2.80 bits per heavy atom. The first kappa shape index (κ1) is 13.1. The fourth-order valence-corrected chi connectivity index (χ4v) is 2.94. The first-order chi connectivity index (χ1) is 7.18. The molecule has 1 saturated heterocycles. The fourth-order valence-electron chi connectivity index (χ4n) is 1.53. The van der Waals surface area contributed by atoms with E-state index in [1.54, 1.807) is 0 Å². The number of thiocarbonyl (C=S) groups is 1. The van der Waals surface area contributed by atoms with Crippen molar-refractivity contribution in [2.24, 2.45) is 5.92 Å². The van der Waals surface area contributed by atoms with E-state index < -0.39 is 0 Å². The van der Waals surface area contributed by atoms with Crippen molar-refractivity contribution in [2.45, 2.75) is 38.4 Å². The third kappa shape index (κ3) is 6.25. The van der Waals surface area contributed by atoms with Gasteiger partial charge in [0, 0.05) is 18.3 Å². The zero-order valence-electron chi connectivity index (χ0n) is 9.71. The van der Waals surface area contributed by atoms with E-state index in [0.29, 0.717) is 5.92 Å². The predicted molar refractivity (Wildman–Crippen MR) is 73.5 cm³/mol. The van der Waals surface area contributed by atoms with Gasteiger partial charge < -0.3 is 10.6 Å². The summed E-state index contributed by atoms with van der Waals surface area (Å²) in [5, 5.41) is 8.12. The molecule has 15 heavy (non-hydrogen) atoms. The summed E-state index contributed by atoms with van der Waals surface area (Å²) in [6, 6.07) is 0. The van der Waals surface area contributed by atoms with Crippen LogP contribution in [-0.4, -0.2) is 29.2 Å². The summed E-state index contributed by atoms with van der Waals surface area (Å²) in [6.45, 7) is 6.36. The van der Waals surface area contributed by atoms with Crippen LogP contribution >= 0.6 is 24.0 Å². The monoisotopic (exact) mass is 246 g/mol. The minimum atomic E-state index is 0.647. The normalized spacial score (nSPS) is 21.4. The van der Waals surface area contributed by atoms with Crippen molar-refractivity contribution in [1.82, 2.24) is 10.6 Å². The summed E-state index contributed by atoms with van der Waals surface area (Å²) in [5.41, 5.74) is 0. The van der Waals surface area contributed by atoms with Gasteiger partial charge in [-0.05, 0) is 36.7 Å². The van der Waals surface area contributed by atoms with Gasteiger partial charge in [-0.1, -0.05) is 20.3 Å². The van der Waals surface area contributed by atoms with Crippen LogP contribution in [0, 0.1) is 5.92 Å². The van der Waals surface area contributed by atoms with Crippen molar-refractivity contribution in [3.05, 3.63) is 0 Å². The maximum Gasteiger partial charge on any atom is 0.166 e. The zero-order chi connectivity index (χ0) is 11.1. The Bertz CT molecular complexity index is 189. The van der Waals surface area contributed by atoms with Crippen LogP contribution in [0.3, 0.4) is 0 Å². The lowest BCUT2D eigenvalue weighted by atomic mass is 10.2. The summed E-state index contributed by atoms with van der Waals surface area (Å²) in [4.78, 5) is 0. The second kappa shape index (κ2) is 7.34. The lowest BCUT2D eigenvalue weighted by Crippen LogP contribution is -2.40. The van der Waals surface area contributed by atoms with Gasteiger partial charge in [-0.15, -0.1) is 0 Å². The van der Waals surface area contributed by atoms with E-state index >= 15 is 0 Å². The topological polar surface area (TPSA) is 24.1 Å². The molecule has 1 fully saturated rings. The second-order valence-electron chi connectivity index (χ2n) is 4.47. The molecule has 0 aromatic rings. The maximum absolute atomic E-state index is 5.21. The molecule has 0 saturated carbocycles. The third-order valence-corrected chi connectivity index (χ3v) is 4.12. The van der Waals surface area contributed by atoms with Crippen molar-refractivity contribution in [3.63, 3.8) is 0 Å². The van der Waals surface area contributed by atoms with Gasteiger partial charge in [-0.2, -0.15) is 11.8 Å². The van der Waals surface area contributed by atoms with E-state index in [9.17, 15) is 0 Å². The van der Waals surface area contributed by atoms with Crippen molar-refractivity contribution in [1.29, 1.82) is 0 Å². The third-order valence-electron chi connectivity index (χ3n) is 2.44. The molecule has 0 amide bonds. The average molecular weight is 246 g/mol. The van der Waals surface area contributed by atoms with Crippen LogP contribution in [0.4, 0.5) is 0 Å². The van der Waals surface area contributed by atoms with Crippen molar-refractivity contribution in [3.8, 4) is 0 Å². The molecule has 1 rings (SSSR count). The number of hydrogen-bond donors (Lipinski definition) is 2. The van der Waals surface area contributed by atoms with Gasteiger partial charge in [0.1, 0.15) is 0 Å². The van der Waals surface area contributed by atoms with E-state index in [1.807, 2.05) is 0 Å². The highest BCUT2D eigenvalue weighted by Gasteiger charge is 2.13. The summed E-state index contributed by atoms with van der Waals surface area (Å²) in [7, 11) is 0. The van der Waals surface area contributed by atoms with Crippen LogP contribution in [0.15, 0.2) is 0 Å². The fraction of sp³-hybridized carbons (Fsp3) is 0.909. The SMILES string of the molecule is CC(C)CNC(=S)NCC1CCCCS1. The molecule has 1 aliphatic heterocycles. The largest absolute Gasteiger partial charge is 0.362 e. The Balaban J connectivity index is 2.05. The van der Waals surface area contributed by atoms with Gasteiger partial charge in [0.15, 0.2) is 5.11 Å². The highest BCUT2D eigenvalue weighted by atomic mass is 32.2. The quantitative estimate of drug-likeness (QED) is 0.744. The molecule has 2 N–H and O–H groups in total. The lowest BCUT2D eigenvalue weighted by molar-refractivity contribution is 0.611. The lowest BCUT2D eigenvalue weighted by Gasteiger charge is -2.22. The van der Waals surface area contributed by atoms with Crippen LogP contribution < -0.4 is 10.6 Å². The highest BCUT2D eigenvalue weighted by Crippen LogP contribution is 2.24. The molecule has 1 heterocycles. The molecule has 0 aromatic heterocycles. The van der Waals surface area contributed by atoms with Crippen molar-refractivity contribution >= 4 is 29.1 Å². The second-order valence-corrected chi connectivity index (χ2v) is 6.29. The Kier molecular flexibility index (Phi) is 6.41. The molecule has 0 bridgehead atoms. The van der Waals surface area contributed by atoms with E-state index in [-0.39, 0.29) is 0 Å². The Hall–Kier alpha value is 0.0400. The van der Waals surface area contributed by atoms with Gasteiger partial charge in [0.2, 0.25) is 0 Å². The molecule has 2 nitrogen and oxygen atoms in total. The van der Waals surface area contributed by atoms with Gasteiger partial charge in [-0.25, -0.2) is 0 Å². The highest BCUT2D eigenvalue weighted by molar-refractivity contribution is 7.99. The first-order valence-electron chi connectivity index (χ1n) is 5.82. The Labute approximate surface area is 103 Å². The van der Waals surface area contributed by atoms with Gasteiger partial charge in [-0.3, -0.25) is 0 Å². The van der Waals surface area contributed by atoms with E-state index in [4.69, 9.17) is 12.2 Å². The molecule has 1 aliphatic rings. The number of thioether (sulfide) groups is 1. The molecule has 0 aromatic carbocycles. The smallest absolute Gasteiger partial charge is 0.166 e. The van der Waals surface area contributed by atoms with Gasteiger partial charge in [0.05, 0.1) is 0 Å². The zero-order valence-corrected chi connectivity index (χ0v) is 11.3. The summed E-state index contributed by atoms with van der Waals surface area (Å²) in [6.07, 6.45) is 4.10. The molecular formula is C11H22N2S2. The number of nitrogens with one attached hydrogen (secondary N) is 2. The standard InChI is InChI=1S/C11H22N2S2/c1-9(2)7-12-11(14)13-8-10-5-3-4-6-15-10/h9-10H,3-8H2,1-2H3,(H2,12,13,14). The minimum Gasteiger partial charge on any atom is -0.362 e. The maximum atomic E-state index is 5.21. The minimum absolute atomic E-state index is 0.647. The van der Waals surface area contributed by atoms with E-state index in [2.05, 4.69) is 36.2 Å². The van der Waals surface area contributed by atoms with Crippen LogP contribution in [-0.2, 0) is 0 Å². The molecular weight excluding hydrogens is 224 g/mol. The predicted octanol–water partition coefficient (Wildman–Crippen LogP) is 2.39. The van der Waals surface area contributed by atoms with Crippen LogP contribution in [0.1, 0.15) is 33.1 Å². The van der Waals surface area contributed by atoms with Gasteiger partial charge >= 0.3 is 0 Å². The molecule has 1 unspecified atom stereocenters. The first-order valence-corrected chi connectivity index (χ1v) is 7.27. The molecule has 0 spiro atoms. The van der Waals surface area contributed by atoms with Crippen LogP contribution in [0.2, 0.25) is 0 Å². The number of hydrogen-bond acceptors (Lipinski definition) is 2. The summed E-state index contributed by atoms with van der Waals surface area (Å²) >= 11 is 7.29. The van der Waals surface area contributed by atoms with E-state index in [1.165, 1.54) is 25.0 Å². The Morgan fingerprint density at radius 2 is 2.20 bits per heavy atom. The summed E-state index contributed by atoms with van der Waals surface area (Å²) in [5.74, 6) is 1.97. The Morgan fingerprint density at radius 1 is 1.40 bits per heavy atom. The molecule has 0 radical (unpaired) electrons. The summed E-state index contributed by atoms with van der Waals surface area (Å²) < 4.78 is 0. The van der Waals surface area contributed by atoms with Crippen molar-refractivity contribution < 1.29 is 0 Å². The molecule has 1 atom stereocenters. The molecule has 4 heteroatoms. The van der Waals surface area contributed by atoms with Crippen molar-refractivity contribution in [2.75, 3.05) is 18.8 Å². The molecule has 0 aliphatic carbocycles. The van der Waals surface area contributed by atoms with Crippen LogP contribution in [0.5, 0.6) is 0 Å². The molecule has 88 valence electrons. The van der Waals surface area contributed by atoms with E-state index in [0.717, 1.165) is 23.5 Å². The average Bonchev–Trinajstić information content (AvgIpc) is 2.25.